The normalized spacial score (nSPS) is 29.1. The van der Waals surface area contributed by atoms with E-state index in [9.17, 15) is 8.42 Å². The Morgan fingerprint density at radius 1 is 1.26 bits per heavy atom. The fourth-order valence-corrected chi connectivity index (χ4v) is 4.32. The van der Waals surface area contributed by atoms with Crippen LogP contribution in [-0.4, -0.2) is 46.6 Å². The number of benzene rings is 1. The first kappa shape index (κ1) is 13.1. The van der Waals surface area contributed by atoms with Gasteiger partial charge in [-0.25, -0.2) is 8.42 Å². The summed E-state index contributed by atoms with van der Waals surface area (Å²) in [5.41, 5.74) is 0.860. The van der Waals surface area contributed by atoms with Gasteiger partial charge in [0.25, 0.3) is 0 Å². The van der Waals surface area contributed by atoms with E-state index >= 15 is 0 Å². The molecule has 0 saturated carbocycles. The minimum atomic E-state index is -3.14. The lowest BCUT2D eigenvalue weighted by atomic mass is 10.1. The van der Waals surface area contributed by atoms with Gasteiger partial charge in [-0.2, -0.15) is 0 Å². The van der Waals surface area contributed by atoms with Crippen molar-refractivity contribution in [2.75, 3.05) is 32.1 Å². The molecule has 6 heteroatoms. The second-order valence-electron chi connectivity index (χ2n) is 4.85. The van der Waals surface area contributed by atoms with Gasteiger partial charge >= 0.3 is 0 Å². The zero-order chi connectivity index (χ0) is 13.3. The Morgan fingerprint density at radius 2 is 2.11 bits per heavy atom. The summed E-state index contributed by atoms with van der Waals surface area (Å²) in [5.74, 6) is 0.125. The van der Waals surface area contributed by atoms with Crippen LogP contribution in [0.15, 0.2) is 29.2 Å². The molecule has 0 aliphatic carbocycles. The van der Waals surface area contributed by atoms with Crippen molar-refractivity contribution in [3.8, 4) is 0 Å². The molecule has 1 fully saturated rings. The maximum Gasteiger partial charge on any atom is 0.180 e. The van der Waals surface area contributed by atoms with Gasteiger partial charge in [0.1, 0.15) is 0 Å². The molecule has 1 aromatic rings. The molecule has 2 aliphatic rings. The van der Waals surface area contributed by atoms with Crippen molar-refractivity contribution in [2.24, 2.45) is 0 Å². The van der Waals surface area contributed by atoms with Crippen molar-refractivity contribution in [1.82, 2.24) is 5.32 Å². The molecule has 0 bridgehead atoms. The molecular formula is C13H17NO4S. The van der Waals surface area contributed by atoms with Gasteiger partial charge in [-0.05, 0) is 11.6 Å². The van der Waals surface area contributed by atoms with Gasteiger partial charge in [-0.15, -0.1) is 0 Å². The summed E-state index contributed by atoms with van der Waals surface area (Å²) in [5, 5.41) is 3.28. The van der Waals surface area contributed by atoms with Gasteiger partial charge in [0.15, 0.2) is 9.84 Å². The molecular weight excluding hydrogens is 266 g/mol. The van der Waals surface area contributed by atoms with E-state index in [2.05, 4.69) is 5.32 Å². The van der Waals surface area contributed by atoms with E-state index in [4.69, 9.17) is 9.47 Å². The monoisotopic (exact) mass is 283 g/mol. The number of hydrogen-bond donors (Lipinski definition) is 1. The van der Waals surface area contributed by atoms with Crippen LogP contribution in [0.25, 0.3) is 0 Å². The molecule has 0 aromatic heterocycles. The van der Waals surface area contributed by atoms with Crippen LogP contribution in [0.3, 0.4) is 0 Å². The summed E-state index contributed by atoms with van der Waals surface area (Å²) < 4.78 is 34.9. The predicted molar refractivity (Wildman–Crippen MR) is 69.8 cm³/mol. The van der Waals surface area contributed by atoms with Gasteiger partial charge in [-0.1, -0.05) is 18.2 Å². The zero-order valence-corrected chi connectivity index (χ0v) is 11.4. The lowest BCUT2D eigenvalue weighted by molar-refractivity contribution is -0.0869. The fraction of sp³-hybridized carbons (Fsp3) is 0.538. The van der Waals surface area contributed by atoms with Crippen LogP contribution < -0.4 is 5.32 Å². The quantitative estimate of drug-likeness (QED) is 0.876. The van der Waals surface area contributed by atoms with E-state index in [1.807, 2.05) is 12.1 Å². The third kappa shape index (κ3) is 2.67. The molecule has 2 atom stereocenters. The fourth-order valence-electron chi connectivity index (χ4n) is 2.55. The van der Waals surface area contributed by atoms with E-state index in [1.165, 1.54) is 0 Å². The second kappa shape index (κ2) is 5.20. The van der Waals surface area contributed by atoms with Gasteiger partial charge < -0.3 is 14.8 Å². The lowest BCUT2D eigenvalue weighted by Crippen LogP contribution is -2.39. The van der Waals surface area contributed by atoms with Crippen LogP contribution in [0.5, 0.6) is 0 Å². The molecule has 0 spiro atoms. The number of ether oxygens (including phenoxy) is 2. The molecule has 1 saturated heterocycles. The highest BCUT2D eigenvalue weighted by Crippen LogP contribution is 2.32. The Balaban J connectivity index is 1.70. The third-order valence-corrected chi connectivity index (χ3v) is 5.31. The van der Waals surface area contributed by atoms with Crippen molar-refractivity contribution in [3.05, 3.63) is 29.8 Å². The molecule has 0 radical (unpaired) electrons. The number of sulfone groups is 1. The maximum atomic E-state index is 12.0. The largest absolute Gasteiger partial charge is 0.376 e. The first-order valence-electron chi connectivity index (χ1n) is 6.41. The highest BCUT2D eigenvalue weighted by molar-refractivity contribution is 7.91. The summed E-state index contributed by atoms with van der Waals surface area (Å²) in [6, 6.07) is 7.03. The summed E-state index contributed by atoms with van der Waals surface area (Å²) in [7, 11) is -3.14. The molecule has 104 valence electrons. The lowest BCUT2D eigenvalue weighted by Gasteiger charge is -2.24. The summed E-state index contributed by atoms with van der Waals surface area (Å²) in [4.78, 5) is 0.452. The number of fused-ring (bicyclic) bond motifs is 1. The molecule has 2 heterocycles. The Labute approximate surface area is 112 Å². The zero-order valence-electron chi connectivity index (χ0n) is 10.5. The van der Waals surface area contributed by atoms with Crippen LogP contribution in [-0.2, 0) is 19.3 Å². The van der Waals surface area contributed by atoms with Crippen molar-refractivity contribution < 1.29 is 17.9 Å². The standard InChI is InChI=1S/C13H17NO4S/c15-19(16)9-12(11-3-1-2-4-13(11)19)14-7-10-8-17-5-6-18-10/h1-4,10,12,14H,5-9H2. The Hall–Kier alpha value is -0.950. The van der Waals surface area contributed by atoms with Crippen LogP contribution in [0.4, 0.5) is 0 Å². The first-order chi connectivity index (χ1) is 9.17. The topological polar surface area (TPSA) is 64.6 Å². The molecule has 3 rings (SSSR count). The van der Waals surface area contributed by atoms with Gasteiger partial charge in [0, 0.05) is 12.6 Å². The molecule has 1 N–H and O–H groups in total. The summed E-state index contributed by atoms with van der Waals surface area (Å²) in [6.07, 6.45) is 0.00390. The molecule has 2 aliphatic heterocycles. The molecule has 2 unspecified atom stereocenters. The predicted octanol–water partition coefficient (Wildman–Crippen LogP) is 0.520. The molecule has 0 amide bonds. The van der Waals surface area contributed by atoms with Gasteiger partial charge in [0.2, 0.25) is 0 Å². The number of hydrogen-bond acceptors (Lipinski definition) is 5. The molecule has 5 nitrogen and oxygen atoms in total. The van der Waals surface area contributed by atoms with Gasteiger partial charge in [0.05, 0.1) is 36.6 Å². The van der Waals surface area contributed by atoms with E-state index in [1.54, 1.807) is 12.1 Å². The Kier molecular flexibility index (Phi) is 3.58. The molecule has 1 aromatic carbocycles. The van der Waals surface area contributed by atoms with Crippen LogP contribution >= 0.6 is 0 Å². The van der Waals surface area contributed by atoms with Gasteiger partial charge in [-0.3, -0.25) is 0 Å². The highest BCUT2D eigenvalue weighted by atomic mass is 32.2. The SMILES string of the molecule is O=S1(=O)CC(NCC2COCCO2)c2ccccc21. The van der Waals surface area contributed by atoms with E-state index in [0.29, 0.717) is 31.3 Å². The van der Waals surface area contributed by atoms with Crippen molar-refractivity contribution in [1.29, 1.82) is 0 Å². The summed E-state index contributed by atoms with van der Waals surface area (Å²) in [6.45, 7) is 2.41. The summed E-state index contributed by atoms with van der Waals surface area (Å²) >= 11 is 0. The minimum absolute atomic E-state index is 0.00390. The average molecular weight is 283 g/mol. The number of nitrogens with one attached hydrogen (secondary N) is 1. The highest BCUT2D eigenvalue weighted by Gasteiger charge is 2.34. The smallest absolute Gasteiger partial charge is 0.180 e. The Bertz CT molecular complexity index is 552. The first-order valence-corrected chi connectivity index (χ1v) is 8.06. The van der Waals surface area contributed by atoms with E-state index in [-0.39, 0.29) is 17.9 Å². The van der Waals surface area contributed by atoms with Crippen molar-refractivity contribution in [2.45, 2.75) is 17.0 Å². The number of rotatable bonds is 3. The average Bonchev–Trinajstić information content (AvgIpc) is 2.70. The molecule has 19 heavy (non-hydrogen) atoms. The maximum absolute atomic E-state index is 12.0. The van der Waals surface area contributed by atoms with E-state index in [0.717, 1.165) is 5.56 Å². The van der Waals surface area contributed by atoms with Crippen LogP contribution in [0.1, 0.15) is 11.6 Å². The third-order valence-electron chi connectivity index (χ3n) is 3.49. The second-order valence-corrected chi connectivity index (χ2v) is 6.85. The van der Waals surface area contributed by atoms with Crippen LogP contribution in [0, 0.1) is 0 Å². The van der Waals surface area contributed by atoms with E-state index < -0.39 is 9.84 Å². The minimum Gasteiger partial charge on any atom is -0.376 e. The Morgan fingerprint density at radius 3 is 2.89 bits per heavy atom. The van der Waals surface area contributed by atoms with Crippen molar-refractivity contribution >= 4 is 9.84 Å². The van der Waals surface area contributed by atoms with Crippen molar-refractivity contribution in [3.63, 3.8) is 0 Å². The van der Waals surface area contributed by atoms with Crippen LogP contribution in [0.2, 0.25) is 0 Å².